The van der Waals surface area contributed by atoms with Gasteiger partial charge in [0.05, 0.1) is 0 Å². The van der Waals surface area contributed by atoms with Crippen LogP contribution in [-0.4, -0.2) is 5.78 Å². The summed E-state index contributed by atoms with van der Waals surface area (Å²) < 4.78 is 11.1. The summed E-state index contributed by atoms with van der Waals surface area (Å²) in [7, 11) is 0. The Balaban J connectivity index is 1.91. The van der Waals surface area contributed by atoms with Gasteiger partial charge in [-0.2, -0.15) is 0 Å². The van der Waals surface area contributed by atoms with Crippen LogP contribution in [0.4, 0.5) is 0 Å². The molecule has 0 aliphatic heterocycles. The molecule has 1 fully saturated rings. The Bertz CT molecular complexity index is 693. The lowest BCUT2D eigenvalue weighted by atomic mass is 9.81. The predicted octanol–water partition coefficient (Wildman–Crippen LogP) is 4.96. The first kappa shape index (κ1) is 14.6. The zero-order valence-corrected chi connectivity index (χ0v) is 13.2. The fourth-order valence-corrected chi connectivity index (χ4v) is 2.87. The van der Waals surface area contributed by atoms with Gasteiger partial charge < -0.3 is 8.83 Å². The number of hydrogen-bond donors (Lipinski definition) is 0. The summed E-state index contributed by atoms with van der Waals surface area (Å²) >= 11 is 0. The topological polar surface area (TPSA) is 43.4 Å². The SMILES string of the molecule is Cc1ccc(C=C2CC(C)CC(=Cc3ccc(C)o3)C2=O)o1. The maximum Gasteiger partial charge on any atom is 0.185 e. The molecule has 2 aromatic rings. The highest BCUT2D eigenvalue weighted by molar-refractivity contribution is 6.13. The summed E-state index contributed by atoms with van der Waals surface area (Å²) in [4.78, 5) is 12.7. The minimum Gasteiger partial charge on any atom is -0.462 e. The molecular formula is C19H20O3. The van der Waals surface area contributed by atoms with Gasteiger partial charge in [0.15, 0.2) is 5.78 Å². The number of hydrogen-bond acceptors (Lipinski definition) is 3. The molecule has 0 spiro atoms. The maximum absolute atomic E-state index is 12.7. The molecular weight excluding hydrogens is 276 g/mol. The Labute approximate surface area is 130 Å². The normalized spacial score (nSPS) is 22.7. The van der Waals surface area contributed by atoms with E-state index in [1.54, 1.807) is 0 Å². The molecule has 0 unspecified atom stereocenters. The first-order valence-electron chi connectivity index (χ1n) is 7.60. The van der Waals surface area contributed by atoms with Crippen LogP contribution in [0, 0.1) is 19.8 Å². The summed E-state index contributed by atoms with van der Waals surface area (Å²) in [6.07, 6.45) is 5.30. The lowest BCUT2D eigenvalue weighted by Gasteiger charge is -2.22. The zero-order valence-electron chi connectivity index (χ0n) is 13.2. The van der Waals surface area contributed by atoms with Gasteiger partial charge in [0.25, 0.3) is 0 Å². The molecule has 1 aliphatic carbocycles. The number of allylic oxidation sites excluding steroid dienone is 2. The van der Waals surface area contributed by atoms with Crippen molar-refractivity contribution in [2.75, 3.05) is 0 Å². The van der Waals surface area contributed by atoms with Crippen LogP contribution in [0.25, 0.3) is 12.2 Å². The van der Waals surface area contributed by atoms with E-state index in [4.69, 9.17) is 8.83 Å². The molecule has 114 valence electrons. The molecule has 1 aliphatic rings. The molecule has 0 saturated heterocycles. The van der Waals surface area contributed by atoms with Crippen LogP contribution in [0.5, 0.6) is 0 Å². The number of ketones is 1. The van der Waals surface area contributed by atoms with Gasteiger partial charge in [-0.3, -0.25) is 4.79 Å². The van der Waals surface area contributed by atoms with Crippen LogP contribution in [0.15, 0.2) is 44.2 Å². The van der Waals surface area contributed by atoms with Crippen molar-refractivity contribution in [1.29, 1.82) is 0 Å². The Kier molecular flexibility index (Phi) is 3.88. The zero-order chi connectivity index (χ0) is 15.7. The molecule has 0 amide bonds. The quantitative estimate of drug-likeness (QED) is 0.736. The molecule has 2 aromatic heterocycles. The third kappa shape index (κ3) is 3.14. The smallest absolute Gasteiger partial charge is 0.185 e. The molecule has 0 bridgehead atoms. The third-order valence-corrected chi connectivity index (χ3v) is 3.88. The van der Waals surface area contributed by atoms with Crippen molar-refractivity contribution in [3.05, 3.63) is 58.5 Å². The Hall–Kier alpha value is -2.29. The van der Waals surface area contributed by atoms with Gasteiger partial charge in [-0.05, 0) is 69.0 Å². The largest absolute Gasteiger partial charge is 0.462 e. The second-order valence-electron chi connectivity index (χ2n) is 6.08. The van der Waals surface area contributed by atoms with Gasteiger partial charge in [-0.15, -0.1) is 0 Å². The van der Waals surface area contributed by atoms with Crippen molar-refractivity contribution in [3.8, 4) is 0 Å². The van der Waals surface area contributed by atoms with Crippen LogP contribution >= 0.6 is 0 Å². The standard InChI is InChI=1S/C19H20O3/c1-12-8-15(10-17-6-4-13(2)21-17)19(20)16(9-12)11-18-7-5-14(3)22-18/h4-7,10-12H,8-9H2,1-3H3. The molecule has 3 heteroatoms. The highest BCUT2D eigenvalue weighted by Crippen LogP contribution is 2.32. The third-order valence-electron chi connectivity index (χ3n) is 3.88. The summed E-state index contributed by atoms with van der Waals surface area (Å²) in [5.41, 5.74) is 1.62. The fourth-order valence-electron chi connectivity index (χ4n) is 2.87. The Morgan fingerprint density at radius 3 is 1.73 bits per heavy atom. The second-order valence-corrected chi connectivity index (χ2v) is 6.08. The van der Waals surface area contributed by atoms with E-state index in [0.29, 0.717) is 5.92 Å². The first-order valence-corrected chi connectivity index (χ1v) is 7.60. The van der Waals surface area contributed by atoms with Gasteiger partial charge in [0.2, 0.25) is 0 Å². The number of aryl methyl sites for hydroxylation is 2. The Morgan fingerprint density at radius 2 is 1.36 bits per heavy atom. The van der Waals surface area contributed by atoms with E-state index in [2.05, 4.69) is 6.92 Å². The molecule has 3 nitrogen and oxygen atoms in total. The summed E-state index contributed by atoms with van der Waals surface area (Å²) in [5, 5.41) is 0. The Morgan fingerprint density at radius 1 is 0.909 bits per heavy atom. The minimum atomic E-state index is 0.0983. The summed E-state index contributed by atoms with van der Waals surface area (Å²) in [5.74, 6) is 3.71. The van der Waals surface area contributed by atoms with E-state index in [-0.39, 0.29) is 5.78 Å². The number of carbonyl (C=O) groups is 1. The molecule has 1 saturated carbocycles. The number of rotatable bonds is 2. The van der Waals surface area contributed by atoms with E-state index < -0.39 is 0 Å². The number of furan rings is 2. The minimum absolute atomic E-state index is 0.0983. The van der Waals surface area contributed by atoms with Crippen LogP contribution in [0.1, 0.15) is 42.8 Å². The van der Waals surface area contributed by atoms with Gasteiger partial charge in [0.1, 0.15) is 23.0 Å². The monoisotopic (exact) mass is 296 g/mol. The van der Waals surface area contributed by atoms with Crippen LogP contribution in [0.3, 0.4) is 0 Å². The van der Waals surface area contributed by atoms with Crippen molar-refractivity contribution in [2.45, 2.75) is 33.6 Å². The van der Waals surface area contributed by atoms with Crippen molar-refractivity contribution in [1.82, 2.24) is 0 Å². The maximum atomic E-state index is 12.7. The van der Waals surface area contributed by atoms with Crippen LogP contribution in [-0.2, 0) is 4.79 Å². The van der Waals surface area contributed by atoms with Gasteiger partial charge in [-0.1, -0.05) is 6.92 Å². The van der Waals surface area contributed by atoms with Gasteiger partial charge >= 0.3 is 0 Å². The van der Waals surface area contributed by atoms with E-state index in [0.717, 1.165) is 47.0 Å². The molecule has 0 radical (unpaired) electrons. The number of Topliss-reactive ketones (excluding diaryl/α,β-unsaturated/α-hetero) is 1. The summed E-state index contributed by atoms with van der Waals surface area (Å²) in [6, 6.07) is 7.61. The van der Waals surface area contributed by atoms with E-state index >= 15 is 0 Å². The molecule has 3 rings (SSSR count). The second kappa shape index (κ2) is 5.84. The fraction of sp³-hybridized carbons (Fsp3) is 0.316. The van der Waals surface area contributed by atoms with Crippen molar-refractivity contribution >= 4 is 17.9 Å². The lowest BCUT2D eigenvalue weighted by Crippen LogP contribution is -2.18. The highest BCUT2D eigenvalue weighted by atomic mass is 16.3. The van der Waals surface area contributed by atoms with Crippen LogP contribution in [0.2, 0.25) is 0 Å². The van der Waals surface area contributed by atoms with Crippen molar-refractivity contribution in [3.63, 3.8) is 0 Å². The average Bonchev–Trinajstić information content (AvgIpc) is 3.04. The van der Waals surface area contributed by atoms with Crippen molar-refractivity contribution < 1.29 is 13.6 Å². The number of carbonyl (C=O) groups excluding carboxylic acids is 1. The van der Waals surface area contributed by atoms with E-state index in [9.17, 15) is 4.79 Å². The summed E-state index contributed by atoms with van der Waals surface area (Å²) in [6.45, 7) is 5.96. The first-order chi connectivity index (χ1) is 10.5. The van der Waals surface area contributed by atoms with Crippen molar-refractivity contribution in [2.24, 2.45) is 5.92 Å². The average molecular weight is 296 g/mol. The molecule has 0 N–H and O–H groups in total. The van der Waals surface area contributed by atoms with E-state index in [1.807, 2.05) is 50.3 Å². The van der Waals surface area contributed by atoms with Crippen LogP contribution < -0.4 is 0 Å². The predicted molar refractivity (Wildman–Crippen MR) is 86.2 cm³/mol. The van der Waals surface area contributed by atoms with E-state index in [1.165, 1.54) is 0 Å². The molecule has 0 aromatic carbocycles. The molecule has 2 heterocycles. The lowest BCUT2D eigenvalue weighted by molar-refractivity contribution is -0.113. The molecule has 22 heavy (non-hydrogen) atoms. The van der Waals surface area contributed by atoms with Gasteiger partial charge in [0, 0.05) is 11.1 Å². The van der Waals surface area contributed by atoms with Gasteiger partial charge in [-0.25, -0.2) is 0 Å². The molecule has 0 atom stereocenters. The highest BCUT2D eigenvalue weighted by Gasteiger charge is 2.25.